The van der Waals surface area contributed by atoms with Gasteiger partial charge in [-0.2, -0.15) is 0 Å². The molecule has 100 valence electrons. The lowest BCUT2D eigenvalue weighted by molar-refractivity contribution is 0.103. The van der Waals surface area contributed by atoms with Crippen LogP contribution in [0.25, 0.3) is 0 Å². The summed E-state index contributed by atoms with van der Waals surface area (Å²) in [6.07, 6.45) is 2.96. The molecule has 3 nitrogen and oxygen atoms in total. The average Bonchev–Trinajstić information content (AvgIpc) is 3.13. The summed E-state index contributed by atoms with van der Waals surface area (Å²) in [5.41, 5.74) is 1.52. The lowest BCUT2D eigenvalue weighted by Gasteiger charge is -2.16. The van der Waals surface area contributed by atoms with E-state index in [1.807, 2.05) is 18.2 Å². The van der Waals surface area contributed by atoms with Crippen LogP contribution in [-0.4, -0.2) is 29.9 Å². The van der Waals surface area contributed by atoms with Crippen LogP contribution >= 0.6 is 0 Å². The Labute approximate surface area is 109 Å². The highest BCUT2D eigenvalue weighted by molar-refractivity contribution is 5.28. The predicted octanol–water partition coefficient (Wildman–Crippen LogP) is 2.13. The Bertz CT molecular complexity index is 388. The summed E-state index contributed by atoms with van der Waals surface area (Å²) in [6, 6.07) is 8.03. The zero-order valence-corrected chi connectivity index (χ0v) is 11.3. The number of ether oxygens (including phenoxy) is 1. The third-order valence-corrected chi connectivity index (χ3v) is 3.51. The molecule has 1 aliphatic rings. The first-order valence-electron chi connectivity index (χ1n) is 6.76. The summed E-state index contributed by atoms with van der Waals surface area (Å²) in [5.74, 6) is 0.839. The summed E-state index contributed by atoms with van der Waals surface area (Å²) < 4.78 is 5.61. The number of hydrogen-bond donors (Lipinski definition) is 2. The number of hydrogen-bond acceptors (Lipinski definition) is 3. The first-order chi connectivity index (χ1) is 8.61. The standard InChI is InChI=1S/C15H23NO2/c1-3-12-5-4-6-14(9-12)18-11-13(17)10-16-15(2)7-8-15/h4-6,9,13,16-17H,3,7-8,10-11H2,1-2H3. The molecule has 3 heteroatoms. The van der Waals surface area contributed by atoms with E-state index >= 15 is 0 Å². The molecule has 0 heterocycles. The number of β-amino-alcohol motifs (C(OH)–C–C–N with tert-alkyl or cyclic N) is 1. The fourth-order valence-corrected chi connectivity index (χ4v) is 1.84. The summed E-state index contributed by atoms with van der Waals surface area (Å²) >= 11 is 0. The molecule has 0 radical (unpaired) electrons. The van der Waals surface area contributed by atoms with Crippen molar-refractivity contribution in [3.8, 4) is 5.75 Å². The van der Waals surface area contributed by atoms with Crippen LogP contribution in [0.5, 0.6) is 5.75 Å². The van der Waals surface area contributed by atoms with Crippen molar-refractivity contribution < 1.29 is 9.84 Å². The number of aliphatic hydroxyl groups is 1. The topological polar surface area (TPSA) is 41.5 Å². The number of benzene rings is 1. The number of rotatable bonds is 7. The van der Waals surface area contributed by atoms with Gasteiger partial charge >= 0.3 is 0 Å². The third kappa shape index (κ3) is 4.00. The zero-order chi connectivity index (χ0) is 13.0. The molecule has 1 aromatic rings. The summed E-state index contributed by atoms with van der Waals surface area (Å²) in [5, 5.41) is 13.2. The SMILES string of the molecule is CCc1cccc(OCC(O)CNC2(C)CC2)c1. The molecular formula is C15H23NO2. The van der Waals surface area contributed by atoms with Gasteiger partial charge in [0.25, 0.3) is 0 Å². The van der Waals surface area contributed by atoms with E-state index in [0.717, 1.165) is 12.2 Å². The highest BCUT2D eigenvalue weighted by Crippen LogP contribution is 2.33. The van der Waals surface area contributed by atoms with Gasteiger partial charge in [0.2, 0.25) is 0 Å². The molecule has 1 aromatic carbocycles. The molecule has 1 fully saturated rings. The highest BCUT2D eigenvalue weighted by atomic mass is 16.5. The van der Waals surface area contributed by atoms with Gasteiger partial charge < -0.3 is 15.2 Å². The molecule has 0 saturated heterocycles. The van der Waals surface area contributed by atoms with Gasteiger partial charge in [-0.3, -0.25) is 0 Å². The Morgan fingerprint density at radius 1 is 1.44 bits per heavy atom. The monoisotopic (exact) mass is 249 g/mol. The smallest absolute Gasteiger partial charge is 0.119 e. The maximum absolute atomic E-state index is 9.84. The first kappa shape index (κ1) is 13.4. The van der Waals surface area contributed by atoms with Crippen molar-refractivity contribution in [2.45, 2.75) is 44.8 Å². The van der Waals surface area contributed by atoms with Crippen LogP contribution in [0, 0.1) is 0 Å². The van der Waals surface area contributed by atoms with Crippen molar-refractivity contribution in [2.75, 3.05) is 13.2 Å². The molecule has 0 aliphatic heterocycles. The van der Waals surface area contributed by atoms with Crippen LogP contribution in [0.2, 0.25) is 0 Å². The minimum atomic E-state index is -0.451. The number of nitrogens with one attached hydrogen (secondary N) is 1. The van der Waals surface area contributed by atoms with Gasteiger partial charge in [-0.1, -0.05) is 19.1 Å². The molecule has 18 heavy (non-hydrogen) atoms. The minimum absolute atomic E-state index is 0.267. The van der Waals surface area contributed by atoms with Crippen molar-refractivity contribution in [3.05, 3.63) is 29.8 Å². The van der Waals surface area contributed by atoms with Crippen LogP contribution < -0.4 is 10.1 Å². The van der Waals surface area contributed by atoms with Crippen molar-refractivity contribution >= 4 is 0 Å². The predicted molar refractivity (Wildman–Crippen MR) is 73.0 cm³/mol. The molecule has 0 amide bonds. The zero-order valence-electron chi connectivity index (χ0n) is 11.3. The maximum atomic E-state index is 9.84. The normalized spacial score (nSPS) is 18.4. The number of aryl methyl sites for hydroxylation is 1. The van der Waals surface area contributed by atoms with E-state index in [2.05, 4.69) is 25.2 Å². The van der Waals surface area contributed by atoms with E-state index in [0.29, 0.717) is 13.2 Å². The molecule has 2 rings (SSSR count). The van der Waals surface area contributed by atoms with E-state index in [1.54, 1.807) is 0 Å². The van der Waals surface area contributed by atoms with Gasteiger partial charge in [-0.15, -0.1) is 0 Å². The fraction of sp³-hybridized carbons (Fsp3) is 0.600. The van der Waals surface area contributed by atoms with Gasteiger partial charge in [-0.25, -0.2) is 0 Å². The van der Waals surface area contributed by atoms with Gasteiger partial charge in [0.05, 0.1) is 0 Å². The second-order valence-corrected chi connectivity index (χ2v) is 5.41. The Hall–Kier alpha value is -1.06. The lowest BCUT2D eigenvalue weighted by Crippen LogP contribution is -2.37. The summed E-state index contributed by atoms with van der Waals surface area (Å²) in [7, 11) is 0. The van der Waals surface area contributed by atoms with Crippen molar-refractivity contribution in [2.24, 2.45) is 0 Å². The quantitative estimate of drug-likeness (QED) is 0.778. The maximum Gasteiger partial charge on any atom is 0.119 e. The summed E-state index contributed by atoms with van der Waals surface area (Å²) in [6.45, 7) is 5.25. The Balaban J connectivity index is 1.72. The van der Waals surface area contributed by atoms with E-state index in [4.69, 9.17) is 4.74 Å². The van der Waals surface area contributed by atoms with Crippen LogP contribution in [0.3, 0.4) is 0 Å². The van der Waals surface area contributed by atoms with E-state index in [1.165, 1.54) is 18.4 Å². The molecule has 0 bridgehead atoms. The average molecular weight is 249 g/mol. The highest BCUT2D eigenvalue weighted by Gasteiger charge is 2.36. The molecule has 0 aromatic heterocycles. The largest absolute Gasteiger partial charge is 0.491 e. The van der Waals surface area contributed by atoms with Gasteiger partial charge in [0, 0.05) is 12.1 Å². The van der Waals surface area contributed by atoms with Crippen LogP contribution in [-0.2, 0) is 6.42 Å². The van der Waals surface area contributed by atoms with Gasteiger partial charge in [0.1, 0.15) is 18.5 Å². The fourth-order valence-electron chi connectivity index (χ4n) is 1.84. The summed E-state index contributed by atoms with van der Waals surface area (Å²) in [4.78, 5) is 0. The third-order valence-electron chi connectivity index (χ3n) is 3.51. The molecule has 0 spiro atoms. The van der Waals surface area contributed by atoms with Crippen molar-refractivity contribution in [3.63, 3.8) is 0 Å². The Morgan fingerprint density at radius 2 is 2.22 bits per heavy atom. The molecular weight excluding hydrogens is 226 g/mol. The Morgan fingerprint density at radius 3 is 2.89 bits per heavy atom. The molecule has 1 aliphatic carbocycles. The van der Waals surface area contributed by atoms with E-state index < -0.39 is 6.10 Å². The first-order valence-corrected chi connectivity index (χ1v) is 6.76. The second kappa shape index (κ2) is 5.72. The van der Waals surface area contributed by atoms with Crippen LogP contribution in [0.15, 0.2) is 24.3 Å². The van der Waals surface area contributed by atoms with Crippen molar-refractivity contribution in [1.82, 2.24) is 5.32 Å². The van der Waals surface area contributed by atoms with Crippen LogP contribution in [0.4, 0.5) is 0 Å². The second-order valence-electron chi connectivity index (χ2n) is 5.41. The van der Waals surface area contributed by atoms with Crippen molar-refractivity contribution in [1.29, 1.82) is 0 Å². The van der Waals surface area contributed by atoms with Gasteiger partial charge in [-0.05, 0) is 43.9 Å². The van der Waals surface area contributed by atoms with E-state index in [9.17, 15) is 5.11 Å². The lowest BCUT2D eigenvalue weighted by atomic mass is 10.2. The molecule has 1 saturated carbocycles. The molecule has 2 N–H and O–H groups in total. The van der Waals surface area contributed by atoms with Crippen LogP contribution in [0.1, 0.15) is 32.3 Å². The Kier molecular flexibility index (Phi) is 4.25. The van der Waals surface area contributed by atoms with E-state index in [-0.39, 0.29) is 5.54 Å². The molecule has 1 unspecified atom stereocenters. The van der Waals surface area contributed by atoms with Gasteiger partial charge in [0.15, 0.2) is 0 Å². The molecule has 1 atom stereocenters. The minimum Gasteiger partial charge on any atom is -0.491 e. The number of aliphatic hydroxyl groups excluding tert-OH is 1.